The van der Waals surface area contributed by atoms with E-state index in [0.717, 1.165) is 25.7 Å². The number of aliphatic imine (C=N–C) groups is 1. The SMILES string of the molecule is CC(C)NC(CCCCNC(=O)C1N=CCC1C)C(=O)C(C)(C)C. The quantitative estimate of drug-likeness (QED) is 0.636. The number of amides is 1. The second-order valence-corrected chi connectivity index (χ2v) is 8.26. The zero-order valence-corrected chi connectivity index (χ0v) is 16.2. The summed E-state index contributed by atoms with van der Waals surface area (Å²) < 4.78 is 0. The lowest BCUT2D eigenvalue weighted by Crippen LogP contribution is -2.45. The van der Waals surface area contributed by atoms with Crippen molar-refractivity contribution in [3.63, 3.8) is 0 Å². The zero-order chi connectivity index (χ0) is 18.3. The summed E-state index contributed by atoms with van der Waals surface area (Å²) in [6, 6.07) is -0.0503. The van der Waals surface area contributed by atoms with Crippen LogP contribution in [-0.4, -0.2) is 42.6 Å². The number of unbranched alkanes of at least 4 members (excludes halogenated alkanes) is 1. The molecule has 0 aromatic carbocycles. The molecule has 3 atom stereocenters. The van der Waals surface area contributed by atoms with E-state index in [1.807, 2.05) is 27.0 Å². The number of ketones is 1. The first-order chi connectivity index (χ1) is 11.1. The van der Waals surface area contributed by atoms with E-state index in [4.69, 9.17) is 0 Å². The number of hydrogen-bond acceptors (Lipinski definition) is 4. The van der Waals surface area contributed by atoms with Crippen LogP contribution in [0.1, 0.15) is 67.2 Å². The molecule has 1 heterocycles. The fraction of sp³-hybridized carbons (Fsp3) is 0.842. The zero-order valence-electron chi connectivity index (χ0n) is 16.2. The van der Waals surface area contributed by atoms with Crippen LogP contribution in [-0.2, 0) is 9.59 Å². The van der Waals surface area contributed by atoms with E-state index in [1.54, 1.807) is 0 Å². The molecule has 24 heavy (non-hydrogen) atoms. The van der Waals surface area contributed by atoms with Crippen molar-refractivity contribution in [2.75, 3.05) is 6.54 Å². The van der Waals surface area contributed by atoms with Gasteiger partial charge in [0.15, 0.2) is 5.78 Å². The summed E-state index contributed by atoms with van der Waals surface area (Å²) in [7, 11) is 0. The van der Waals surface area contributed by atoms with E-state index in [9.17, 15) is 9.59 Å². The number of nitrogens with one attached hydrogen (secondary N) is 2. The van der Waals surface area contributed by atoms with Gasteiger partial charge in [0.2, 0.25) is 5.91 Å². The van der Waals surface area contributed by atoms with Crippen LogP contribution in [0.3, 0.4) is 0 Å². The molecule has 1 aliphatic rings. The third-order valence-corrected chi connectivity index (χ3v) is 4.36. The van der Waals surface area contributed by atoms with E-state index in [0.29, 0.717) is 12.5 Å². The first kappa shape index (κ1) is 20.8. The van der Waals surface area contributed by atoms with Crippen LogP contribution < -0.4 is 10.6 Å². The number of hydrogen-bond donors (Lipinski definition) is 2. The van der Waals surface area contributed by atoms with Crippen molar-refractivity contribution >= 4 is 17.9 Å². The highest BCUT2D eigenvalue weighted by Crippen LogP contribution is 2.20. The molecule has 0 aromatic rings. The summed E-state index contributed by atoms with van der Waals surface area (Å²) in [5.41, 5.74) is -0.336. The Morgan fingerprint density at radius 3 is 2.42 bits per heavy atom. The molecule has 0 saturated carbocycles. The normalized spacial score (nSPS) is 22.0. The Kier molecular flexibility index (Phi) is 8.07. The van der Waals surface area contributed by atoms with Crippen LogP contribution in [0.2, 0.25) is 0 Å². The monoisotopic (exact) mass is 337 g/mol. The van der Waals surface area contributed by atoms with Crippen molar-refractivity contribution < 1.29 is 9.59 Å². The molecule has 0 saturated heterocycles. The van der Waals surface area contributed by atoms with Gasteiger partial charge in [0.25, 0.3) is 0 Å². The molecule has 138 valence electrons. The van der Waals surface area contributed by atoms with Gasteiger partial charge >= 0.3 is 0 Å². The van der Waals surface area contributed by atoms with Crippen LogP contribution >= 0.6 is 0 Å². The van der Waals surface area contributed by atoms with E-state index < -0.39 is 0 Å². The van der Waals surface area contributed by atoms with Gasteiger partial charge < -0.3 is 10.6 Å². The molecule has 1 aliphatic heterocycles. The Morgan fingerprint density at radius 1 is 1.25 bits per heavy atom. The van der Waals surface area contributed by atoms with Crippen LogP contribution in [0.15, 0.2) is 4.99 Å². The molecule has 0 fully saturated rings. The Hall–Kier alpha value is -1.23. The molecular formula is C19H35N3O2. The minimum Gasteiger partial charge on any atom is -0.354 e. The maximum atomic E-state index is 12.5. The van der Waals surface area contributed by atoms with Gasteiger partial charge in [-0.05, 0) is 31.6 Å². The molecule has 0 radical (unpaired) electrons. The Labute approximate surface area is 147 Å². The molecule has 5 heteroatoms. The number of nitrogens with zero attached hydrogens (tertiary/aromatic N) is 1. The predicted octanol–water partition coefficient (Wildman–Crippen LogP) is 2.73. The molecule has 1 amide bonds. The first-order valence-corrected chi connectivity index (χ1v) is 9.22. The van der Waals surface area contributed by atoms with Gasteiger partial charge in [-0.3, -0.25) is 14.6 Å². The van der Waals surface area contributed by atoms with Crippen molar-refractivity contribution in [2.45, 2.75) is 85.4 Å². The summed E-state index contributed by atoms with van der Waals surface area (Å²) in [4.78, 5) is 28.8. The molecular weight excluding hydrogens is 302 g/mol. The Bertz CT molecular complexity index is 452. The van der Waals surface area contributed by atoms with Crippen molar-refractivity contribution in [1.82, 2.24) is 10.6 Å². The van der Waals surface area contributed by atoms with Crippen molar-refractivity contribution in [3.8, 4) is 0 Å². The largest absolute Gasteiger partial charge is 0.354 e. The smallest absolute Gasteiger partial charge is 0.245 e. The summed E-state index contributed by atoms with van der Waals surface area (Å²) >= 11 is 0. The highest BCUT2D eigenvalue weighted by Gasteiger charge is 2.29. The topological polar surface area (TPSA) is 70.6 Å². The van der Waals surface area contributed by atoms with E-state index in [-0.39, 0.29) is 35.2 Å². The maximum Gasteiger partial charge on any atom is 0.245 e. The van der Waals surface area contributed by atoms with Crippen molar-refractivity contribution in [1.29, 1.82) is 0 Å². The average Bonchev–Trinajstić information content (AvgIpc) is 2.89. The third kappa shape index (κ3) is 6.71. The van der Waals surface area contributed by atoms with Crippen LogP contribution in [0.4, 0.5) is 0 Å². The van der Waals surface area contributed by atoms with E-state index >= 15 is 0 Å². The molecule has 0 aromatic heterocycles. The van der Waals surface area contributed by atoms with Gasteiger partial charge in [-0.15, -0.1) is 0 Å². The summed E-state index contributed by atoms with van der Waals surface area (Å²) in [6.45, 7) is 12.7. The lowest BCUT2D eigenvalue weighted by atomic mass is 9.84. The van der Waals surface area contributed by atoms with Gasteiger partial charge in [-0.1, -0.05) is 41.5 Å². The molecule has 0 bridgehead atoms. The second-order valence-electron chi connectivity index (χ2n) is 8.26. The standard InChI is InChI=1S/C19H35N3O2/c1-13(2)22-15(17(23)19(4,5)6)9-7-8-11-21-18(24)16-14(3)10-12-20-16/h12-16,22H,7-11H2,1-6H3,(H,21,24). The Morgan fingerprint density at radius 2 is 1.92 bits per heavy atom. The minimum absolute atomic E-state index is 0.0267. The van der Waals surface area contributed by atoms with Crippen molar-refractivity contribution in [3.05, 3.63) is 0 Å². The maximum absolute atomic E-state index is 12.5. The molecule has 5 nitrogen and oxygen atoms in total. The number of carbonyl (C=O) groups is 2. The second kappa shape index (κ2) is 9.30. The van der Waals surface area contributed by atoms with Crippen LogP contribution in [0.25, 0.3) is 0 Å². The van der Waals surface area contributed by atoms with Crippen LogP contribution in [0.5, 0.6) is 0 Å². The molecule has 0 spiro atoms. The third-order valence-electron chi connectivity index (χ3n) is 4.36. The number of carbonyl (C=O) groups excluding carboxylic acids is 2. The highest BCUT2D eigenvalue weighted by atomic mass is 16.2. The van der Waals surface area contributed by atoms with E-state index in [1.165, 1.54) is 0 Å². The van der Waals surface area contributed by atoms with Gasteiger partial charge in [-0.25, -0.2) is 0 Å². The van der Waals surface area contributed by atoms with Crippen molar-refractivity contribution in [2.24, 2.45) is 16.3 Å². The fourth-order valence-electron chi connectivity index (χ4n) is 2.95. The lowest BCUT2D eigenvalue weighted by molar-refractivity contribution is -0.129. The fourth-order valence-corrected chi connectivity index (χ4v) is 2.95. The minimum atomic E-state index is -0.336. The van der Waals surface area contributed by atoms with Gasteiger partial charge in [0, 0.05) is 24.2 Å². The Balaban J connectivity index is 2.33. The molecule has 3 unspecified atom stereocenters. The summed E-state index contributed by atoms with van der Waals surface area (Å²) in [6.07, 6.45) is 5.33. The van der Waals surface area contributed by atoms with E-state index in [2.05, 4.69) is 36.4 Å². The van der Waals surface area contributed by atoms with Crippen LogP contribution in [0, 0.1) is 11.3 Å². The highest BCUT2D eigenvalue weighted by molar-refractivity contribution is 5.88. The average molecular weight is 338 g/mol. The summed E-state index contributed by atoms with van der Waals surface area (Å²) in [5, 5.41) is 6.35. The number of rotatable bonds is 9. The molecule has 0 aliphatic carbocycles. The van der Waals surface area contributed by atoms with Gasteiger partial charge in [0.05, 0.1) is 6.04 Å². The number of Topliss-reactive ketones (excluding diaryl/α,β-unsaturated/α-hetero) is 1. The van der Waals surface area contributed by atoms with Gasteiger partial charge in [-0.2, -0.15) is 0 Å². The lowest BCUT2D eigenvalue weighted by Gasteiger charge is -2.27. The summed E-state index contributed by atoms with van der Waals surface area (Å²) in [5.74, 6) is 0.585. The molecule has 2 N–H and O–H groups in total. The molecule has 1 rings (SSSR count). The van der Waals surface area contributed by atoms with Gasteiger partial charge in [0.1, 0.15) is 6.04 Å². The first-order valence-electron chi connectivity index (χ1n) is 9.22. The predicted molar refractivity (Wildman–Crippen MR) is 99.4 cm³/mol.